The van der Waals surface area contributed by atoms with Crippen LogP contribution in [-0.2, 0) is 21.2 Å². The van der Waals surface area contributed by atoms with Crippen LogP contribution in [-0.4, -0.2) is 35.5 Å². The number of hydrogen-bond donors (Lipinski definition) is 3. The Kier molecular flexibility index (Phi) is 4.58. The molecule has 0 aliphatic carbocycles. The molecule has 0 aliphatic rings. The van der Waals surface area contributed by atoms with Crippen LogP contribution in [0.1, 0.15) is 24.5 Å². The zero-order valence-electron chi connectivity index (χ0n) is 11.5. The number of sulfonamides is 1. The lowest BCUT2D eigenvalue weighted by molar-refractivity contribution is -0.121. The first-order valence-corrected chi connectivity index (χ1v) is 8.81. The number of imidazole rings is 1. The van der Waals surface area contributed by atoms with Gasteiger partial charge in [-0.2, -0.15) is 0 Å². The van der Waals surface area contributed by atoms with E-state index in [9.17, 15) is 13.2 Å². The summed E-state index contributed by atoms with van der Waals surface area (Å²) in [7, 11) is -3.36. The van der Waals surface area contributed by atoms with Crippen molar-refractivity contribution in [1.82, 2.24) is 20.3 Å². The third-order valence-electron chi connectivity index (χ3n) is 2.47. The number of anilines is 1. The fourth-order valence-electron chi connectivity index (χ4n) is 1.63. The molecule has 1 atom stereocenters. The number of amides is 1. The number of nitrogens with one attached hydrogen (secondary N) is 3. The van der Waals surface area contributed by atoms with Crippen LogP contribution in [0.25, 0.3) is 0 Å². The topological polar surface area (TPSA) is 117 Å². The lowest BCUT2D eigenvalue weighted by Gasteiger charge is -2.10. The van der Waals surface area contributed by atoms with Gasteiger partial charge in [0.05, 0.1) is 24.4 Å². The van der Waals surface area contributed by atoms with Crippen LogP contribution >= 0.6 is 11.3 Å². The molecule has 114 valence electrons. The Morgan fingerprint density at radius 1 is 1.52 bits per heavy atom. The number of aromatic nitrogens is 3. The first-order valence-electron chi connectivity index (χ1n) is 6.04. The minimum atomic E-state index is -3.36. The molecule has 10 heteroatoms. The van der Waals surface area contributed by atoms with Crippen LogP contribution in [0, 0.1) is 0 Å². The van der Waals surface area contributed by atoms with Gasteiger partial charge in [0.2, 0.25) is 15.9 Å². The van der Waals surface area contributed by atoms with E-state index in [0.717, 1.165) is 17.6 Å². The third-order valence-corrected chi connectivity index (χ3v) is 3.97. The van der Waals surface area contributed by atoms with Crippen molar-refractivity contribution in [3.05, 3.63) is 29.3 Å². The second kappa shape index (κ2) is 6.22. The third kappa shape index (κ3) is 4.83. The molecule has 0 fully saturated rings. The normalized spacial score (nSPS) is 12.9. The minimum absolute atomic E-state index is 0.0764. The summed E-state index contributed by atoms with van der Waals surface area (Å²) in [6.45, 7) is 1.81. The highest BCUT2D eigenvalue weighted by Crippen LogP contribution is 2.17. The largest absolute Gasteiger partial charge is 0.347 e. The van der Waals surface area contributed by atoms with Gasteiger partial charge in [0.1, 0.15) is 5.82 Å². The van der Waals surface area contributed by atoms with Gasteiger partial charge in [0.25, 0.3) is 0 Å². The highest BCUT2D eigenvalue weighted by atomic mass is 32.2. The second-order valence-electron chi connectivity index (χ2n) is 4.46. The molecule has 3 N–H and O–H groups in total. The maximum absolute atomic E-state index is 11.9. The SMILES string of the molecule is CC(NC(=O)Cc1csc(NS(C)(=O)=O)n1)c1ncc[nH]1. The van der Waals surface area contributed by atoms with E-state index in [0.29, 0.717) is 11.5 Å². The van der Waals surface area contributed by atoms with Crippen molar-refractivity contribution in [2.75, 3.05) is 11.0 Å². The standard InChI is InChI=1S/C11H15N5O3S2/c1-7(10-12-3-4-13-10)14-9(17)5-8-6-20-11(15-8)16-21(2,18)19/h3-4,6-7H,5H2,1-2H3,(H,12,13)(H,14,17)(H,15,16). The van der Waals surface area contributed by atoms with Crippen LogP contribution in [0.5, 0.6) is 0 Å². The van der Waals surface area contributed by atoms with Crippen LogP contribution in [0.4, 0.5) is 5.13 Å². The molecule has 2 aromatic rings. The molecule has 0 bridgehead atoms. The number of H-pyrrole nitrogens is 1. The molecule has 0 aromatic carbocycles. The van der Waals surface area contributed by atoms with Gasteiger partial charge in [-0.15, -0.1) is 11.3 Å². The number of rotatable bonds is 6. The Bertz CT molecular complexity index is 708. The summed E-state index contributed by atoms with van der Waals surface area (Å²) in [6.07, 6.45) is 4.42. The van der Waals surface area contributed by atoms with Crippen LogP contribution in [0.15, 0.2) is 17.8 Å². The number of carbonyl (C=O) groups excluding carboxylic acids is 1. The number of carbonyl (C=O) groups is 1. The summed E-state index contributed by atoms with van der Waals surface area (Å²) < 4.78 is 24.4. The van der Waals surface area contributed by atoms with Crippen molar-refractivity contribution in [2.45, 2.75) is 19.4 Å². The first-order chi connectivity index (χ1) is 9.83. The molecule has 2 rings (SSSR count). The zero-order valence-corrected chi connectivity index (χ0v) is 13.1. The smallest absolute Gasteiger partial charge is 0.231 e. The summed E-state index contributed by atoms with van der Waals surface area (Å²) in [5, 5.41) is 4.67. The number of thiazole rings is 1. The highest BCUT2D eigenvalue weighted by Gasteiger charge is 2.14. The van der Waals surface area contributed by atoms with Gasteiger partial charge in [-0.25, -0.2) is 18.4 Å². The van der Waals surface area contributed by atoms with E-state index in [-0.39, 0.29) is 23.5 Å². The maximum atomic E-state index is 11.9. The first kappa shape index (κ1) is 15.4. The van der Waals surface area contributed by atoms with E-state index in [1.807, 2.05) is 6.92 Å². The van der Waals surface area contributed by atoms with Gasteiger partial charge in [-0.1, -0.05) is 0 Å². The molecule has 0 saturated carbocycles. The number of hydrogen-bond acceptors (Lipinski definition) is 6. The average molecular weight is 329 g/mol. The number of aromatic amines is 1. The van der Waals surface area contributed by atoms with Gasteiger partial charge in [0.15, 0.2) is 5.13 Å². The van der Waals surface area contributed by atoms with Crippen LogP contribution in [0.3, 0.4) is 0 Å². The Morgan fingerprint density at radius 3 is 2.90 bits per heavy atom. The van der Waals surface area contributed by atoms with Gasteiger partial charge >= 0.3 is 0 Å². The molecule has 0 spiro atoms. The van der Waals surface area contributed by atoms with Crippen molar-refractivity contribution < 1.29 is 13.2 Å². The van der Waals surface area contributed by atoms with Gasteiger partial charge in [-0.05, 0) is 6.92 Å². The van der Waals surface area contributed by atoms with Crippen molar-refractivity contribution in [3.63, 3.8) is 0 Å². The second-order valence-corrected chi connectivity index (χ2v) is 7.07. The molecule has 8 nitrogen and oxygen atoms in total. The summed E-state index contributed by atoms with van der Waals surface area (Å²) in [5.41, 5.74) is 0.510. The molecule has 1 amide bonds. The Hall–Kier alpha value is -1.94. The maximum Gasteiger partial charge on any atom is 0.231 e. The monoisotopic (exact) mass is 329 g/mol. The van der Waals surface area contributed by atoms with Crippen molar-refractivity contribution in [1.29, 1.82) is 0 Å². The van der Waals surface area contributed by atoms with E-state index in [2.05, 4.69) is 25.0 Å². The fraction of sp³-hybridized carbons (Fsp3) is 0.364. The zero-order chi connectivity index (χ0) is 15.5. The van der Waals surface area contributed by atoms with Crippen LogP contribution < -0.4 is 10.0 Å². The molecule has 1 unspecified atom stereocenters. The van der Waals surface area contributed by atoms with Crippen molar-refractivity contribution >= 4 is 32.4 Å². The fourth-order valence-corrected chi connectivity index (χ4v) is 3.20. The molecule has 0 aliphatic heterocycles. The summed E-state index contributed by atoms with van der Waals surface area (Å²) >= 11 is 1.14. The van der Waals surface area contributed by atoms with E-state index < -0.39 is 10.0 Å². The molecule has 2 aromatic heterocycles. The highest BCUT2D eigenvalue weighted by molar-refractivity contribution is 7.92. The summed E-state index contributed by atoms with van der Waals surface area (Å²) in [6, 6.07) is -0.236. The summed E-state index contributed by atoms with van der Waals surface area (Å²) in [5.74, 6) is 0.455. The summed E-state index contributed by atoms with van der Waals surface area (Å²) in [4.78, 5) is 22.9. The lowest BCUT2D eigenvalue weighted by atomic mass is 10.2. The average Bonchev–Trinajstić information content (AvgIpc) is 2.98. The van der Waals surface area contributed by atoms with Crippen molar-refractivity contribution in [3.8, 4) is 0 Å². The number of nitrogens with zero attached hydrogens (tertiary/aromatic N) is 2. The predicted molar refractivity (Wildman–Crippen MR) is 79.4 cm³/mol. The quantitative estimate of drug-likeness (QED) is 0.719. The molecular weight excluding hydrogens is 314 g/mol. The molecule has 0 radical (unpaired) electrons. The van der Waals surface area contributed by atoms with E-state index in [4.69, 9.17) is 0 Å². The Morgan fingerprint density at radius 2 is 2.29 bits per heavy atom. The van der Waals surface area contributed by atoms with E-state index in [1.165, 1.54) is 0 Å². The minimum Gasteiger partial charge on any atom is -0.347 e. The Labute approximate surface area is 126 Å². The lowest BCUT2D eigenvalue weighted by Crippen LogP contribution is -2.28. The van der Waals surface area contributed by atoms with Crippen LogP contribution in [0.2, 0.25) is 0 Å². The van der Waals surface area contributed by atoms with Gasteiger partial charge < -0.3 is 10.3 Å². The molecule has 0 saturated heterocycles. The van der Waals surface area contributed by atoms with E-state index in [1.54, 1.807) is 17.8 Å². The molecule has 2 heterocycles. The molecule has 21 heavy (non-hydrogen) atoms. The van der Waals surface area contributed by atoms with E-state index >= 15 is 0 Å². The molecular formula is C11H15N5O3S2. The van der Waals surface area contributed by atoms with Gasteiger partial charge in [0, 0.05) is 17.8 Å². The Balaban J connectivity index is 1.91. The predicted octanol–water partition coefficient (Wildman–Crippen LogP) is 0.658. The van der Waals surface area contributed by atoms with Gasteiger partial charge in [-0.3, -0.25) is 9.52 Å². The van der Waals surface area contributed by atoms with Crippen molar-refractivity contribution in [2.24, 2.45) is 0 Å².